The number of nitrogens with zero attached hydrogens (tertiary/aromatic N) is 1. The van der Waals surface area contributed by atoms with Crippen molar-refractivity contribution in [3.05, 3.63) is 60.2 Å². The highest BCUT2D eigenvalue weighted by molar-refractivity contribution is 6.26. The summed E-state index contributed by atoms with van der Waals surface area (Å²) in [7, 11) is 0. The second kappa shape index (κ2) is 9.92. The molecule has 221 valence electrons. The zero-order valence-electron chi connectivity index (χ0n) is 25.8. The van der Waals surface area contributed by atoms with Gasteiger partial charge in [-0.15, -0.1) is 10.3 Å². The molecule has 0 unspecified atom stereocenters. The van der Waals surface area contributed by atoms with Crippen LogP contribution in [0.2, 0.25) is 0 Å². The smallest absolute Gasteiger partial charge is 0.252 e. The average Bonchev–Trinajstić information content (AvgIpc) is 2.89. The lowest BCUT2D eigenvalue weighted by Gasteiger charge is -2.50. The fraction of sp³-hybridized carbons (Fsp3) is 0.441. The van der Waals surface area contributed by atoms with Gasteiger partial charge in [-0.25, -0.2) is 0 Å². The summed E-state index contributed by atoms with van der Waals surface area (Å²) in [5, 5.41) is 28.8. The third-order valence-electron chi connectivity index (χ3n) is 8.69. The van der Waals surface area contributed by atoms with Crippen molar-refractivity contribution < 1.29 is 19.6 Å². The van der Waals surface area contributed by atoms with Crippen LogP contribution in [0, 0.1) is 0 Å². The second-order valence-corrected chi connectivity index (χ2v) is 14.1. The number of hydrogen-bond donors (Lipinski definition) is 3. The molecule has 1 fully saturated rings. The Hall–Kier alpha value is -3.75. The molecular formula is C34H41N4O4. The Labute approximate surface area is 247 Å². The van der Waals surface area contributed by atoms with Crippen molar-refractivity contribution in [1.82, 2.24) is 21.0 Å². The van der Waals surface area contributed by atoms with Gasteiger partial charge in [0.1, 0.15) is 11.1 Å². The summed E-state index contributed by atoms with van der Waals surface area (Å²) in [5.74, 6) is -1.20. The van der Waals surface area contributed by atoms with Gasteiger partial charge >= 0.3 is 0 Å². The van der Waals surface area contributed by atoms with Crippen molar-refractivity contribution in [3.8, 4) is 0 Å². The Kier molecular flexibility index (Phi) is 7.02. The number of hydrogen-bond acceptors (Lipinski definition) is 4. The minimum absolute atomic E-state index is 0.217. The zero-order valence-corrected chi connectivity index (χ0v) is 25.8. The fourth-order valence-electron chi connectivity index (χ4n) is 6.57. The lowest BCUT2D eigenvalue weighted by molar-refractivity contribution is -0.290. The summed E-state index contributed by atoms with van der Waals surface area (Å²) in [4.78, 5) is 40.4. The van der Waals surface area contributed by atoms with Crippen LogP contribution in [0.5, 0.6) is 0 Å². The summed E-state index contributed by atoms with van der Waals surface area (Å²) < 4.78 is 0. The van der Waals surface area contributed by atoms with Crippen molar-refractivity contribution in [2.45, 2.75) is 96.4 Å². The topological polar surface area (TPSA) is 110 Å². The van der Waals surface area contributed by atoms with Crippen molar-refractivity contribution in [1.29, 1.82) is 0 Å². The normalized spacial score (nSPS) is 17.9. The zero-order chi connectivity index (χ0) is 30.8. The van der Waals surface area contributed by atoms with Crippen LogP contribution in [-0.2, 0) is 14.8 Å². The van der Waals surface area contributed by atoms with Gasteiger partial charge in [-0.05, 0) is 107 Å². The maximum atomic E-state index is 13.6. The number of carbonyl (C=O) groups excluding carboxylic acids is 3. The molecule has 0 bridgehead atoms. The van der Waals surface area contributed by atoms with Gasteiger partial charge in [0.15, 0.2) is 0 Å². The highest BCUT2D eigenvalue weighted by Crippen LogP contribution is 2.38. The van der Waals surface area contributed by atoms with Gasteiger partial charge in [-0.3, -0.25) is 14.4 Å². The number of piperidine rings is 1. The highest BCUT2D eigenvalue weighted by Gasteiger charge is 2.47. The number of amides is 3. The molecule has 3 N–H and O–H groups in total. The third-order valence-corrected chi connectivity index (χ3v) is 8.69. The minimum Gasteiger partial charge on any atom is -0.351 e. The van der Waals surface area contributed by atoms with Gasteiger partial charge in [-0.1, -0.05) is 48.5 Å². The first-order valence-electron chi connectivity index (χ1n) is 14.5. The average molecular weight is 570 g/mol. The lowest BCUT2D eigenvalue weighted by Crippen LogP contribution is -2.66. The van der Waals surface area contributed by atoms with E-state index in [-0.39, 0.29) is 17.9 Å². The molecule has 0 saturated carbocycles. The summed E-state index contributed by atoms with van der Waals surface area (Å²) in [5.41, 5.74) is -3.35. The lowest BCUT2D eigenvalue weighted by atomic mass is 9.78. The molecule has 4 aromatic carbocycles. The first-order chi connectivity index (χ1) is 19.4. The summed E-state index contributed by atoms with van der Waals surface area (Å²) in [6.45, 7) is 14.0. The standard InChI is InChI=1S/C34H41N4O4/c1-31(2)18-23(19-32(3,4)38(31)42)35-29(40)33(5,6)37-30(41)34(7,8)36-28(39)25-17-15-22-13-12-20-10-9-11-21-14-16-24(25)27(22)26(20)21/h9-17,23H,18-19H2,1-8H3,(H,35,40)(H,36,39)(H,37,41). The van der Waals surface area contributed by atoms with Crippen molar-refractivity contribution in [2.75, 3.05) is 0 Å². The molecule has 3 amide bonds. The van der Waals surface area contributed by atoms with E-state index in [1.54, 1.807) is 33.8 Å². The fourth-order valence-corrected chi connectivity index (χ4v) is 6.57. The Morgan fingerprint density at radius 1 is 0.714 bits per heavy atom. The van der Waals surface area contributed by atoms with Crippen LogP contribution in [0.3, 0.4) is 0 Å². The highest BCUT2D eigenvalue weighted by atomic mass is 16.5. The number of rotatable bonds is 6. The Morgan fingerprint density at radius 2 is 1.21 bits per heavy atom. The molecule has 0 aliphatic carbocycles. The third kappa shape index (κ3) is 5.18. The largest absolute Gasteiger partial charge is 0.351 e. The first kappa shape index (κ1) is 29.7. The van der Waals surface area contributed by atoms with E-state index < -0.39 is 28.1 Å². The minimum atomic E-state index is -1.31. The second-order valence-electron chi connectivity index (χ2n) is 14.1. The van der Waals surface area contributed by atoms with E-state index in [2.05, 4.69) is 40.2 Å². The molecule has 42 heavy (non-hydrogen) atoms. The van der Waals surface area contributed by atoms with Crippen LogP contribution in [-0.4, -0.2) is 51.0 Å². The molecule has 0 spiro atoms. The van der Waals surface area contributed by atoms with E-state index in [1.807, 2.05) is 52.0 Å². The number of hydroxylamine groups is 2. The quantitative estimate of drug-likeness (QED) is 0.268. The van der Waals surface area contributed by atoms with Crippen molar-refractivity contribution in [2.24, 2.45) is 0 Å². The van der Waals surface area contributed by atoms with Crippen LogP contribution >= 0.6 is 0 Å². The molecule has 8 heteroatoms. The van der Waals surface area contributed by atoms with Gasteiger partial charge in [0, 0.05) is 22.7 Å². The van der Waals surface area contributed by atoms with E-state index >= 15 is 0 Å². The monoisotopic (exact) mass is 569 g/mol. The molecule has 1 saturated heterocycles. The molecule has 5 rings (SSSR count). The summed E-state index contributed by atoms with van der Waals surface area (Å²) in [6.07, 6.45) is 0.993. The van der Waals surface area contributed by atoms with Gasteiger partial charge < -0.3 is 16.0 Å². The molecule has 1 aliphatic rings. The maximum absolute atomic E-state index is 13.6. The van der Waals surface area contributed by atoms with E-state index in [0.29, 0.717) is 18.4 Å². The van der Waals surface area contributed by atoms with E-state index in [0.717, 1.165) is 37.4 Å². The first-order valence-corrected chi connectivity index (χ1v) is 14.5. The van der Waals surface area contributed by atoms with E-state index in [1.165, 1.54) is 0 Å². The van der Waals surface area contributed by atoms with Crippen molar-refractivity contribution in [3.63, 3.8) is 0 Å². The SMILES string of the molecule is CC(C)(NC(=O)c1ccc2ccc3cccc4ccc1c2c34)C(=O)NC(C)(C)C(=O)NC1CC(C)(C)N([O])C(C)(C)C1. The van der Waals surface area contributed by atoms with Crippen LogP contribution < -0.4 is 16.0 Å². The number of nitrogens with one attached hydrogen (secondary N) is 3. The summed E-state index contributed by atoms with van der Waals surface area (Å²) >= 11 is 0. The predicted octanol–water partition coefficient (Wildman–Crippen LogP) is 5.47. The van der Waals surface area contributed by atoms with Crippen LogP contribution in [0.25, 0.3) is 32.3 Å². The molecule has 1 aliphatic heterocycles. The molecule has 1 radical (unpaired) electrons. The summed E-state index contributed by atoms with van der Waals surface area (Å²) in [6, 6.07) is 17.8. The van der Waals surface area contributed by atoms with Crippen LogP contribution in [0.1, 0.15) is 78.6 Å². The van der Waals surface area contributed by atoms with Gasteiger partial charge in [0.2, 0.25) is 11.8 Å². The Morgan fingerprint density at radius 3 is 1.81 bits per heavy atom. The molecule has 0 aromatic heterocycles. The van der Waals surface area contributed by atoms with Gasteiger partial charge in [0.05, 0.1) is 0 Å². The number of benzene rings is 4. The van der Waals surface area contributed by atoms with E-state index in [9.17, 15) is 19.6 Å². The molecule has 4 aromatic rings. The predicted molar refractivity (Wildman–Crippen MR) is 166 cm³/mol. The van der Waals surface area contributed by atoms with E-state index in [4.69, 9.17) is 0 Å². The molecule has 8 nitrogen and oxygen atoms in total. The van der Waals surface area contributed by atoms with Gasteiger partial charge in [0.25, 0.3) is 5.91 Å². The van der Waals surface area contributed by atoms with Gasteiger partial charge in [-0.2, -0.15) is 0 Å². The van der Waals surface area contributed by atoms with Crippen LogP contribution in [0.15, 0.2) is 54.6 Å². The number of carbonyl (C=O) groups is 3. The molecule has 1 heterocycles. The Bertz CT molecular complexity index is 1670. The van der Waals surface area contributed by atoms with Crippen molar-refractivity contribution >= 4 is 50.0 Å². The Balaban J connectivity index is 1.32. The molecule has 0 atom stereocenters. The maximum Gasteiger partial charge on any atom is 0.252 e. The molecular weight excluding hydrogens is 528 g/mol. The van der Waals surface area contributed by atoms with Crippen LogP contribution in [0.4, 0.5) is 0 Å².